The number of halogens is 3. The molecular formula is C24H28Cl2FN3O2. The van der Waals surface area contributed by atoms with E-state index < -0.39 is 23.3 Å². The summed E-state index contributed by atoms with van der Waals surface area (Å²) in [5.74, 6) is -1.11. The van der Waals surface area contributed by atoms with Gasteiger partial charge in [-0.15, -0.1) is 0 Å². The molecule has 1 saturated carbocycles. The van der Waals surface area contributed by atoms with Crippen LogP contribution in [0.15, 0.2) is 30.5 Å². The molecule has 1 aliphatic carbocycles. The molecule has 32 heavy (non-hydrogen) atoms. The standard InChI is InChI=1S/C24H28Cl2FN3O2/c1-15(17-6-11-28-22(26)21(17)27)20(13-31)30-24(9-7-23(2,3)8-10-24)18-5-4-16(25)12-19(18)29-14-32/h4-6,11-15,20,30H,7-10H2,1-3H3,(H,29,32)/t15-,20?/m0/s1. The number of hydrogen-bond acceptors (Lipinski definition) is 4. The highest BCUT2D eigenvalue weighted by atomic mass is 35.5. The Kier molecular flexibility index (Phi) is 7.58. The van der Waals surface area contributed by atoms with Crippen LogP contribution in [0.3, 0.4) is 0 Å². The monoisotopic (exact) mass is 479 g/mol. The van der Waals surface area contributed by atoms with Gasteiger partial charge in [-0.25, -0.2) is 9.37 Å². The summed E-state index contributed by atoms with van der Waals surface area (Å²) in [7, 11) is 0. The smallest absolute Gasteiger partial charge is 0.211 e. The van der Waals surface area contributed by atoms with E-state index in [0.717, 1.165) is 37.5 Å². The van der Waals surface area contributed by atoms with Gasteiger partial charge in [0.2, 0.25) is 6.41 Å². The molecule has 1 aromatic carbocycles. The summed E-state index contributed by atoms with van der Waals surface area (Å²) in [4.78, 5) is 27.3. The maximum atomic E-state index is 14.7. The summed E-state index contributed by atoms with van der Waals surface area (Å²) in [5.41, 5.74) is 1.33. The van der Waals surface area contributed by atoms with Crippen LogP contribution in [0.2, 0.25) is 10.2 Å². The largest absolute Gasteiger partial charge is 0.328 e. The van der Waals surface area contributed by atoms with Gasteiger partial charge < -0.3 is 10.1 Å². The number of amides is 1. The van der Waals surface area contributed by atoms with Gasteiger partial charge in [-0.3, -0.25) is 10.1 Å². The number of carbonyl (C=O) groups is 2. The predicted octanol–water partition coefficient (Wildman–Crippen LogP) is 5.85. The van der Waals surface area contributed by atoms with Gasteiger partial charge in [-0.2, -0.15) is 0 Å². The zero-order valence-electron chi connectivity index (χ0n) is 18.4. The number of pyridine rings is 1. The SMILES string of the molecule is C[C@@H](c1ccnc(Cl)c1F)C(C=O)NC1(c2ccc(Cl)cc2NC=O)CCC(C)(C)CC1. The van der Waals surface area contributed by atoms with Gasteiger partial charge in [-0.1, -0.05) is 50.0 Å². The molecule has 0 radical (unpaired) electrons. The topological polar surface area (TPSA) is 71.1 Å². The molecule has 1 heterocycles. The van der Waals surface area contributed by atoms with E-state index in [2.05, 4.69) is 29.5 Å². The highest BCUT2D eigenvalue weighted by molar-refractivity contribution is 6.31. The summed E-state index contributed by atoms with van der Waals surface area (Å²) in [6, 6.07) is 6.22. The zero-order valence-corrected chi connectivity index (χ0v) is 19.9. The van der Waals surface area contributed by atoms with E-state index in [1.54, 1.807) is 25.1 Å². The van der Waals surface area contributed by atoms with Gasteiger partial charge in [0.25, 0.3) is 0 Å². The first-order chi connectivity index (χ1) is 15.1. The highest BCUT2D eigenvalue weighted by Gasteiger charge is 2.43. The lowest BCUT2D eigenvalue weighted by molar-refractivity contribution is -0.111. The maximum absolute atomic E-state index is 14.7. The third-order valence-corrected chi connectivity index (χ3v) is 7.16. The van der Waals surface area contributed by atoms with Crippen molar-refractivity contribution in [1.82, 2.24) is 10.3 Å². The molecule has 1 aliphatic rings. The second kappa shape index (κ2) is 9.86. The molecule has 1 aromatic heterocycles. The molecule has 2 N–H and O–H groups in total. The van der Waals surface area contributed by atoms with Gasteiger partial charge in [0.05, 0.1) is 6.04 Å². The molecule has 1 fully saturated rings. The third-order valence-electron chi connectivity index (χ3n) is 6.66. The number of benzene rings is 1. The maximum Gasteiger partial charge on any atom is 0.211 e. The Bertz CT molecular complexity index is 989. The van der Waals surface area contributed by atoms with E-state index in [1.807, 2.05) is 6.07 Å². The predicted molar refractivity (Wildman–Crippen MR) is 126 cm³/mol. The Morgan fingerprint density at radius 1 is 1.12 bits per heavy atom. The summed E-state index contributed by atoms with van der Waals surface area (Å²) < 4.78 is 14.7. The van der Waals surface area contributed by atoms with Gasteiger partial charge in [-0.05, 0) is 60.4 Å². The molecule has 1 unspecified atom stereocenters. The van der Waals surface area contributed by atoms with E-state index in [0.29, 0.717) is 22.7 Å². The van der Waals surface area contributed by atoms with Gasteiger partial charge in [0.1, 0.15) is 6.29 Å². The van der Waals surface area contributed by atoms with Crippen molar-refractivity contribution >= 4 is 41.6 Å². The quantitative estimate of drug-likeness (QED) is 0.367. The number of rotatable bonds is 8. The number of nitrogens with zero attached hydrogens (tertiary/aromatic N) is 1. The first kappa shape index (κ1) is 24.6. The Morgan fingerprint density at radius 2 is 1.81 bits per heavy atom. The molecule has 172 valence electrons. The molecule has 2 aromatic rings. The fraction of sp³-hybridized carbons (Fsp3) is 0.458. The first-order valence-electron chi connectivity index (χ1n) is 10.7. The number of aromatic nitrogens is 1. The van der Waals surface area contributed by atoms with Crippen LogP contribution in [0.25, 0.3) is 0 Å². The lowest BCUT2D eigenvalue weighted by Gasteiger charge is -2.47. The van der Waals surface area contributed by atoms with Crippen molar-refractivity contribution in [3.8, 4) is 0 Å². The van der Waals surface area contributed by atoms with Crippen molar-refractivity contribution in [2.75, 3.05) is 5.32 Å². The molecule has 2 atom stereocenters. The number of hydrogen-bond donors (Lipinski definition) is 2. The lowest BCUT2D eigenvalue weighted by atomic mass is 9.66. The fourth-order valence-corrected chi connectivity index (χ4v) is 4.87. The molecule has 8 heteroatoms. The summed E-state index contributed by atoms with van der Waals surface area (Å²) in [5, 5.41) is 6.57. The van der Waals surface area contributed by atoms with Crippen LogP contribution >= 0.6 is 23.2 Å². The number of carbonyl (C=O) groups excluding carboxylic acids is 2. The molecule has 0 saturated heterocycles. The summed E-state index contributed by atoms with van der Waals surface area (Å²) >= 11 is 12.1. The van der Waals surface area contributed by atoms with E-state index >= 15 is 0 Å². The van der Waals surface area contributed by atoms with Crippen molar-refractivity contribution in [3.05, 3.63) is 57.6 Å². The van der Waals surface area contributed by atoms with E-state index in [1.165, 1.54) is 6.20 Å². The van der Waals surface area contributed by atoms with E-state index in [-0.39, 0.29) is 10.6 Å². The van der Waals surface area contributed by atoms with Crippen LogP contribution < -0.4 is 10.6 Å². The van der Waals surface area contributed by atoms with Crippen molar-refractivity contribution in [3.63, 3.8) is 0 Å². The summed E-state index contributed by atoms with van der Waals surface area (Å²) in [6.45, 7) is 6.22. The van der Waals surface area contributed by atoms with Crippen LogP contribution in [0.5, 0.6) is 0 Å². The minimum Gasteiger partial charge on any atom is -0.328 e. The average Bonchev–Trinajstić information content (AvgIpc) is 2.75. The Morgan fingerprint density at radius 3 is 2.44 bits per heavy atom. The Labute approximate surface area is 198 Å². The minimum absolute atomic E-state index is 0.156. The number of anilines is 1. The molecule has 0 aliphatic heterocycles. The molecular weight excluding hydrogens is 452 g/mol. The Hall–Kier alpha value is -2.02. The van der Waals surface area contributed by atoms with Crippen LogP contribution in [0.1, 0.15) is 63.5 Å². The second-order valence-electron chi connectivity index (χ2n) is 9.30. The lowest BCUT2D eigenvalue weighted by Crippen LogP contribution is -2.53. The van der Waals surface area contributed by atoms with E-state index in [4.69, 9.17) is 23.2 Å². The first-order valence-corrected chi connectivity index (χ1v) is 11.4. The molecule has 0 bridgehead atoms. The average molecular weight is 480 g/mol. The summed E-state index contributed by atoms with van der Waals surface area (Å²) in [6.07, 6.45) is 6.17. The highest BCUT2D eigenvalue weighted by Crippen LogP contribution is 2.48. The number of aldehydes is 1. The third kappa shape index (κ3) is 5.13. The van der Waals surface area contributed by atoms with Gasteiger partial charge in [0, 0.05) is 28.4 Å². The van der Waals surface area contributed by atoms with Crippen molar-refractivity contribution in [2.45, 2.75) is 64.0 Å². The number of nitrogens with one attached hydrogen (secondary N) is 2. The van der Waals surface area contributed by atoms with Crippen molar-refractivity contribution in [1.29, 1.82) is 0 Å². The van der Waals surface area contributed by atoms with Crippen molar-refractivity contribution < 1.29 is 14.0 Å². The minimum atomic E-state index is -0.691. The Balaban J connectivity index is 2.04. The van der Waals surface area contributed by atoms with Gasteiger partial charge in [0.15, 0.2) is 11.0 Å². The zero-order chi connectivity index (χ0) is 23.5. The van der Waals surface area contributed by atoms with Crippen LogP contribution in [0, 0.1) is 11.2 Å². The van der Waals surface area contributed by atoms with E-state index in [9.17, 15) is 14.0 Å². The normalized spacial score (nSPS) is 19.1. The van der Waals surface area contributed by atoms with Gasteiger partial charge >= 0.3 is 0 Å². The fourth-order valence-electron chi connectivity index (χ4n) is 4.53. The molecule has 0 spiro atoms. The second-order valence-corrected chi connectivity index (χ2v) is 10.1. The van der Waals surface area contributed by atoms with Crippen LogP contribution in [-0.4, -0.2) is 23.7 Å². The molecule has 5 nitrogen and oxygen atoms in total. The van der Waals surface area contributed by atoms with Crippen LogP contribution in [-0.2, 0) is 15.1 Å². The van der Waals surface area contributed by atoms with Crippen molar-refractivity contribution in [2.24, 2.45) is 5.41 Å². The molecule has 3 rings (SSSR count). The molecule has 1 amide bonds. The van der Waals surface area contributed by atoms with Crippen LogP contribution in [0.4, 0.5) is 10.1 Å².